The molecular formula is C16H15N3O3. The number of benzene rings is 1. The number of carbonyl (C=O) groups excluding carboxylic acids is 1. The number of hydrogen-bond donors (Lipinski definition) is 0. The molecule has 0 aliphatic rings. The number of amides is 1. The average molecular weight is 297 g/mol. The van der Waals surface area contributed by atoms with Gasteiger partial charge < -0.3 is 13.8 Å². The highest BCUT2D eigenvalue weighted by molar-refractivity contribution is 5.92. The Labute approximate surface area is 127 Å². The molecule has 0 bridgehead atoms. The lowest BCUT2D eigenvalue weighted by Gasteiger charge is -2.16. The number of para-hydroxylation sites is 1. The summed E-state index contributed by atoms with van der Waals surface area (Å²) in [6.45, 7) is 0. The fraction of sp³-hybridized carbons (Fsp3) is 0.188. The molecule has 0 radical (unpaired) electrons. The smallest absolute Gasteiger partial charge is 0.238 e. The maximum absolute atomic E-state index is 12.2. The van der Waals surface area contributed by atoms with E-state index in [0.717, 1.165) is 5.69 Å². The lowest BCUT2D eigenvalue weighted by molar-refractivity contribution is -0.118. The third kappa shape index (κ3) is 3.06. The molecule has 6 nitrogen and oxygen atoms in total. The lowest BCUT2D eigenvalue weighted by atomic mass is 10.2. The monoisotopic (exact) mass is 297 g/mol. The molecule has 6 heteroatoms. The van der Waals surface area contributed by atoms with E-state index < -0.39 is 0 Å². The molecule has 0 atom stereocenters. The van der Waals surface area contributed by atoms with Gasteiger partial charge in [0.25, 0.3) is 0 Å². The van der Waals surface area contributed by atoms with Crippen LogP contribution in [0.25, 0.3) is 11.6 Å². The van der Waals surface area contributed by atoms with Crippen LogP contribution in [0.2, 0.25) is 0 Å². The Kier molecular flexibility index (Phi) is 4.00. The van der Waals surface area contributed by atoms with E-state index in [2.05, 4.69) is 10.1 Å². The summed E-state index contributed by atoms with van der Waals surface area (Å²) >= 11 is 0. The van der Waals surface area contributed by atoms with Crippen LogP contribution in [0.1, 0.15) is 12.3 Å². The number of rotatable bonds is 5. The minimum Gasteiger partial charge on any atom is -0.461 e. The molecule has 0 saturated carbocycles. The van der Waals surface area contributed by atoms with E-state index >= 15 is 0 Å². The normalized spacial score (nSPS) is 10.6. The number of aromatic nitrogens is 2. The Morgan fingerprint density at radius 3 is 2.73 bits per heavy atom. The number of hydrogen-bond acceptors (Lipinski definition) is 5. The second-order valence-corrected chi connectivity index (χ2v) is 4.78. The summed E-state index contributed by atoms with van der Waals surface area (Å²) in [6.07, 6.45) is 2.23. The summed E-state index contributed by atoms with van der Waals surface area (Å²) in [5.74, 6) is 1.34. The molecule has 1 aromatic carbocycles. The van der Waals surface area contributed by atoms with E-state index in [1.165, 1.54) is 0 Å². The molecule has 22 heavy (non-hydrogen) atoms. The van der Waals surface area contributed by atoms with E-state index in [0.29, 0.717) is 30.3 Å². The van der Waals surface area contributed by atoms with Crippen LogP contribution in [-0.4, -0.2) is 23.1 Å². The number of aryl methyl sites for hydroxylation is 1. The second kappa shape index (κ2) is 6.26. The first kappa shape index (κ1) is 14.1. The van der Waals surface area contributed by atoms with Gasteiger partial charge in [-0.2, -0.15) is 4.98 Å². The SMILES string of the molecule is CN(C(=O)CCc1nc(-c2ccco2)no1)c1ccccc1. The number of furan rings is 1. The molecule has 2 aromatic heterocycles. The molecule has 0 unspecified atom stereocenters. The third-order valence-corrected chi connectivity index (χ3v) is 3.28. The van der Waals surface area contributed by atoms with Gasteiger partial charge in [-0.15, -0.1) is 0 Å². The van der Waals surface area contributed by atoms with Gasteiger partial charge in [0.1, 0.15) is 0 Å². The summed E-state index contributed by atoms with van der Waals surface area (Å²) in [4.78, 5) is 18.0. The summed E-state index contributed by atoms with van der Waals surface area (Å²) < 4.78 is 10.3. The standard InChI is InChI=1S/C16H15N3O3/c1-19(12-6-3-2-4-7-12)15(20)10-9-14-17-16(18-22-14)13-8-5-11-21-13/h2-8,11H,9-10H2,1H3. The average Bonchev–Trinajstić information content (AvgIpc) is 3.23. The van der Waals surface area contributed by atoms with Gasteiger partial charge in [-0.05, 0) is 24.3 Å². The zero-order chi connectivity index (χ0) is 15.4. The lowest BCUT2D eigenvalue weighted by Crippen LogP contribution is -2.26. The summed E-state index contributed by atoms with van der Waals surface area (Å²) in [5, 5.41) is 3.83. The van der Waals surface area contributed by atoms with Crippen molar-refractivity contribution < 1.29 is 13.7 Å². The highest BCUT2D eigenvalue weighted by Gasteiger charge is 2.15. The molecule has 112 valence electrons. The summed E-state index contributed by atoms with van der Waals surface area (Å²) in [7, 11) is 1.75. The van der Waals surface area contributed by atoms with Crippen LogP contribution in [0, 0.1) is 0 Å². The van der Waals surface area contributed by atoms with Gasteiger partial charge in [-0.25, -0.2) is 0 Å². The maximum Gasteiger partial charge on any atom is 0.238 e. The highest BCUT2D eigenvalue weighted by atomic mass is 16.5. The van der Waals surface area contributed by atoms with Crippen molar-refractivity contribution in [3.05, 3.63) is 54.6 Å². The fourth-order valence-corrected chi connectivity index (χ4v) is 2.04. The molecule has 0 aliphatic carbocycles. The Hall–Kier alpha value is -2.89. The Morgan fingerprint density at radius 2 is 2.00 bits per heavy atom. The molecule has 0 spiro atoms. The fourth-order valence-electron chi connectivity index (χ4n) is 2.04. The van der Waals surface area contributed by atoms with Crippen LogP contribution in [0.3, 0.4) is 0 Å². The first-order chi connectivity index (χ1) is 10.7. The van der Waals surface area contributed by atoms with Crippen molar-refractivity contribution in [2.75, 3.05) is 11.9 Å². The zero-order valence-electron chi connectivity index (χ0n) is 12.1. The minimum atomic E-state index is -0.0102. The van der Waals surface area contributed by atoms with Crippen molar-refractivity contribution in [3.8, 4) is 11.6 Å². The van der Waals surface area contributed by atoms with Crippen molar-refractivity contribution >= 4 is 11.6 Å². The zero-order valence-corrected chi connectivity index (χ0v) is 12.1. The van der Waals surface area contributed by atoms with Crippen LogP contribution in [0.4, 0.5) is 5.69 Å². The first-order valence-corrected chi connectivity index (χ1v) is 6.92. The number of anilines is 1. The minimum absolute atomic E-state index is 0.0102. The third-order valence-electron chi connectivity index (χ3n) is 3.28. The van der Waals surface area contributed by atoms with E-state index in [4.69, 9.17) is 8.94 Å². The maximum atomic E-state index is 12.2. The summed E-state index contributed by atoms with van der Waals surface area (Å²) in [5.41, 5.74) is 0.856. The Bertz CT molecular complexity index is 735. The van der Waals surface area contributed by atoms with Gasteiger partial charge in [0.15, 0.2) is 5.76 Å². The van der Waals surface area contributed by atoms with Crippen molar-refractivity contribution in [3.63, 3.8) is 0 Å². The van der Waals surface area contributed by atoms with Crippen molar-refractivity contribution in [1.29, 1.82) is 0 Å². The second-order valence-electron chi connectivity index (χ2n) is 4.78. The number of carbonyl (C=O) groups is 1. The molecule has 0 aliphatic heterocycles. The van der Waals surface area contributed by atoms with Crippen LogP contribution < -0.4 is 4.90 Å². The predicted molar refractivity (Wildman–Crippen MR) is 80.2 cm³/mol. The van der Waals surface area contributed by atoms with E-state index in [9.17, 15) is 4.79 Å². The molecule has 1 amide bonds. The van der Waals surface area contributed by atoms with Gasteiger partial charge in [0, 0.05) is 25.6 Å². The van der Waals surface area contributed by atoms with Gasteiger partial charge >= 0.3 is 0 Å². The van der Waals surface area contributed by atoms with Crippen LogP contribution >= 0.6 is 0 Å². The van der Waals surface area contributed by atoms with Gasteiger partial charge in [-0.1, -0.05) is 23.4 Å². The van der Waals surface area contributed by atoms with Gasteiger partial charge in [0.2, 0.25) is 17.6 Å². The molecule has 0 N–H and O–H groups in total. The topological polar surface area (TPSA) is 72.4 Å². The molecule has 3 rings (SSSR count). The van der Waals surface area contributed by atoms with E-state index in [1.807, 2.05) is 30.3 Å². The molecule has 0 saturated heterocycles. The van der Waals surface area contributed by atoms with E-state index in [-0.39, 0.29) is 5.91 Å². The van der Waals surface area contributed by atoms with Crippen molar-refractivity contribution in [2.45, 2.75) is 12.8 Å². The first-order valence-electron chi connectivity index (χ1n) is 6.92. The predicted octanol–water partition coefficient (Wildman–Crippen LogP) is 2.93. The Morgan fingerprint density at radius 1 is 1.18 bits per heavy atom. The van der Waals surface area contributed by atoms with E-state index in [1.54, 1.807) is 30.3 Å². The van der Waals surface area contributed by atoms with Crippen LogP contribution in [0.15, 0.2) is 57.7 Å². The molecule has 0 fully saturated rings. The number of nitrogens with zero attached hydrogens (tertiary/aromatic N) is 3. The van der Waals surface area contributed by atoms with Gasteiger partial charge in [-0.3, -0.25) is 4.79 Å². The van der Waals surface area contributed by atoms with Gasteiger partial charge in [0.05, 0.1) is 6.26 Å². The quantitative estimate of drug-likeness (QED) is 0.724. The van der Waals surface area contributed by atoms with Crippen molar-refractivity contribution in [1.82, 2.24) is 10.1 Å². The van der Waals surface area contributed by atoms with Crippen LogP contribution in [0.5, 0.6) is 0 Å². The Balaban J connectivity index is 1.59. The summed E-state index contributed by atoms with van der Waals surface area (Å²) in [6, 6.07) is 13.0. The molecule has 3 aromatic rings. The molecular weight excluding hydrogens is 282 g/mol. The van der Waals surface area contributed by atoms with Crippen molar-refractivity contribution in [2.24, 2.45) is 0 Å². The highest BCUT2D eigenvalue weighted by Crippen LogP contribution is 2.17. The molecule has 2 heterocycles. The van der Waals surface area contributed by atoms with Crippen LogP contribution in [-0.2, 0) is 11.2 Å². The largest absolute Gasteiger partial charge is 0.461 e.